The van der Waals surface area contributed by atoms with Crippen LogP contribution in [0.5, 0.6) is 11.5 Å². The van der Waals surface area contributed by atoms with Gasteiger partial charge in [-0.2, -0.15) is 5.10 Å². The minimum atomic E-state index is -0.391. The van der Waals surface area contributed by atoms with Gasteiger partial charge in [-0.1, -0.05) is 24.3 Å². The van der Waals surface area contributed by atoms with Crippen molar-refractivity contribution < 1.29 is 19.7 Å². The third kappa shape index (κ3) is 2.90. The largest absolute Gasteiger partial charge is 0.507 e. The molecule has 1 atom stereocenters. The van der Waals surface area contributed by atoms with Crippen molar-refractivity contribution in [1.29, 1.82) is 0 Å². The number of methoxy groups -OCH3 is 1. The number of benzene rings is 2. The van der Waals surface area contributed by atoms with E-state index >= 15 is 0 Å². The summed E-state index contributed by atoms with van der Waals surface area (Å²) in [4.78, 5) is 14.8. The van der Waals surface area contributed by atoms with Gasteiger partial charge >= 0.3 is 0 Å². The van der Waals surface area contributed by atoms with Gasteiger partial charge in [0, 0.05) is 24.3 Å². The summed E-state index contributed by atoms with van der Waals surface area (Å²) >= 11 is 0. The van der Waals surface area contributed by atoms with Crippen molar-refractivity contribution in [2.45, 2.75) is 12.5 Å². The number of H-pyrrole nitrogens is 1. The second-order valence-electron chi connectivity index (χ2n) is 6.63. The maximum Gasteiger partial charge on any atom is 0.273 e. The molecule has 0 unspecified atom stereocenters. The van der Waals surface area contributed by atoms with Gasteiger partial charge in [0.2, 0.25) is 0 Å². The van der Waals surface area contributed by atoms with Gasteiger partial charge in [-0.05, 0) is 36.2 Å². The second kappa shape index (κ2) is 7.36. The minimum Gasteiger partial charge on any atom is -0.507 e. The summed E-state index contributed by atoms with van der Waals surface area (Å²) in [7, 11) is 1.60. The summed E-state index contributed by atoms with van der Waals surface area (Å²) in [6, 6.07) is 14.1. The molecule has 0 saturated carbocycles. The summed E-state index contributed by atoms with van der Waals surface area (Å²) < 4.78 is 5.35. The predicted molar refractivity (Wildman–Crippen MR) is 103 cm³/mol. The van der Waals surface area contributed by atoms with E-state index in [2.05, 4.69) is 10.2 Å². The lowest BCUT2D eigenvalue weighted by Gasteiger charge is -2.26. The molecule has 1 amide bonds. The normalized spacial score (nSPS) is 15.7. The average molecular weight is 379 g/mol. The first-order valence-corrected chi connectivity index (χ1v) is 9.08. The third-order valence-electron chi connectivity index (χ3n) is 4.99. The number of para-hydroxylation sites is 1. The Labute approximate surface area is 162 Å². The molecule has 2 heterocycles. The van der Waals surface area contributed by atoms with E-state index in [1.165, 1.54) is 0 Å². The second-order valence-corrected chi connectivity index (χ2v) is 6.63. The van der Waals surface area contributed by atoms with Crippen LogP contribution in [0.25, 0.3) is 11.3 Å². The Morgan fingerprint density at radius 3 is 2.79 bits per heavy atom. The number of phenolic OH excluding ortho intramolecular Hbond substituents is 1. The highest BCUT2D eigenvalue weighted by molar-refractivity contribution is 6.00. The monoisotopic (exact) mass is 379 g/mol. The van der Waals surface area contributed by atoms with Gasteiger partial charge in [-0.15, -0.1) is 0 Å². The number of aromatic nitrogens is 2. The van der Waals surface area contributed by atoms with E-state index in [4.69, 9.17) is 4.74 Å². The zero-order valence-corrected chi connectivity index (χ0v) is 15.4. The number of aliphatic hydroxyl groups excluding tert-OH is 1. The molecule has 28 heavy (non-hydrogen) atoms. The van der Waals surface area contributed by atoms with Crippen molar-refractivity contribution in [3.8, 4) is 22.8 Å². The van der Waals surface area contributed by atoms with Crippen LogP contribution in [-0.4, -0.2) is 51.5 Å². The van der Waals surface area contributed by atoms with Gasteiger partial charge in [0.15, 0.2) is 0 Å². The maximum absolute atomic E-state index is 13.0. The van der Waals surface area contributed by atoms with Gasteiger partial charge < -0.3 is 19.8 Å². The number of nitrogens with one attached hydrogen (secondary N) is 1. The van der Waals surface area contributed by atoms with Crippen LogP contribution in [0.1, 0.15) is 34.1 Å². The number of ether oxygens (including phenoxy) is 1. The number of aromatic amines is 1. The summed E-state index contributed by atoms with van der Waals surface area (Å²) in [5.41, 5.74) is 3.11. The van der Waals surface area contributed by atoms with E-state index in [1.807, 2.05) is 30.3 Å². The topological polar surface area (TPSA) is 98.7 Å². The fraction of sp³-hybridized carbons (Fsp3) is 0.238. The molecule has 2 aromatic carbocycles. The Hall–Kier alpha value is -3.32. The van der Waals surface area contributed by atoms with Crippen LogP contribution in [0.4, 0.5) is 0 Å². The molecular formula is C21H21N3O4. The van der Waals surface area contributed by atoms with Crippen molar-refractivity contribution in [1.82, 2.24) is 15.1 Å². The Bertz CT molecular complexity index is 1010. The maximum atomic E-state index is 13.0. The van der Waals surface area contributed by atoms with Crippen molar-refractivity contribution in [2.24, 2.45) is 0 Å². The van der Waals surface area contributed by atoms with Crippen molar-refractivity contribution in [3.05, 3.63) is 65.4 Å². The molecule has 4 rings (SSSR count). The van der Waals surface area contributed by atoms with Gasteiger partial charge in [0.1, 0.15) is 22.9 Å². The third-order valence-corrected chi connectivity index (χ3v) is 4.99. The summed E-state index contributed by atoms with van der Waals surface area (Å²) in [6.07, 6.45) is 0.468. The first-order chi connectivity index (χ1) is 13.7. The Kier molecular flexibility index (Phi) is 4.75. The molecule has 1 aliphatic rings. The number of phenols is 1. The standard InChI is InChI=1S/C21H21N3O4/c1-28-14-7-4-6-13(12-14)20-17-18(15-8-2-3-9-16(15)26)22-23-19(17)21(27)24(20)10-5-11-25/h2-4,6-9,12,20,25-26H,5,10-11H2,1H3,(H,22,23)/t20-/m0/s1. The number of fused-ring (bicyclic) bond motifs is 1. The molecule has 0 aliphatic carbocycles. The molecule has 7 nitrogen and oxygen atoms in total. The number of carbonyl (C=O) groups is 1. The van der Waals surface area contributed by atoms with Crippen LogP contribution in [-0.2, 0) is 0 Å². The first kappa shape index (κ1) is 18.1. The molecular weight excluding hydrogens is 358 g/mol. The molecule has 144 valence electrons. The lowest BCUT2D eigenvalue weighted by Crippen LogP contribution is -2.31. The fourth-order valence-electron chi connectivity index (χ4n) is 3.71. The average Bonchev–Trinajstić information content (AvgIpc) is 3.26. The summed E-state index contributed by atoms with van der Waals surface area (Å²) in [5.74, 6) is 0.612. The van der Waals surface area contributed by atoms with E-state index in [9.17, 15) is 15.0 Å². The molecule has 1 aromatic heterocycles. The fourth-order valence-corrected chi connectivity index (χ4v) is 3.71. The van der Waals surface area contributed by atoms with Crippen molar-refractivity contribution in [2.75, 3.05) is 20.3 Å². The zero-order chi connectivity index (χ0) is 19.7. The molecule has 3 N–H and O–H groups in total. The van der Waals surface area contributed by atoms with Crippen LogP contribution in [0.2, 0.25) is 0 Å². The highest BCUT2D eigenvalue weighted by Gasteiger charge is 2.42. The van der Waals surface area contributed by atoms with Crippen LogP contribution in [0.15, 0.2) is 48.5 Å². The van der Waals surface area contributed by atoms with Crippen molar-refractivity contribution >= 4 is 5.91 Å². The van der Waals surface area contributed by atoms with E-state index in [0.29, 0.717) is 35.7 Å². The molecule has 0 radical (unpaired) electrons. The minimum absolute atomic E-state index is 0.00682. The SMILES string of the molecule is COc1cccc([C@H]2c3c(-c4ccccc4O)n[nH]c3C(=O)N2CCCO)c1. The molecule has 7 heteroatoms. The summed E-state index contributed by atoms with van der Waals surface area (Å²) in [6.45, 7) is 0.396. The van der Waals surface area contributed by atoms with E-state index in [-0.39, 0.29) is 18.3 Å². The van der Waals surface area contributed by atoms with E-state index < -0.39 is 6.04 Å². The highest BCUT2D eigenvalue weighted by atomic mass is 16.5. The van der Waals surface area contributed by atoms with E-state index in [0.717, 1.165) is 11.1 Å². The van der Waals surface area contributed by atoms with Gasteiger partial charge in [0.25, 0.3) is 5.91 Å². The number of carbonyl (C=O) groups excluding carboxylic acids is 1. The van der Waals surface area contributed by atoms with Gasteiger partial charge in [-0.3, -0.25) is 9.89 Å². The number of aromatic hydroxyl groups is 1. The number of hydrogen-bond donors (Lipinski definition) is 3. The molecule has 0 fully saturated rings. The Balaban J connectivity index is 1.89. The number of rotatable bonds is 6. The van der Waals surface area contributed by atoms with Crippen LogP contribution in [0, 0.1) is 0 Å². The van der Waals surface area contributed by atoms with E-state index in [1.54, 1.807) is 30.2 Å². The van der Waals surface area contributed by atoms with Crippen LogP contribution in [0.3, 0.4) is 0 Å². The Morgan fingerprint density at radius 1 is 1.21 bits per heavy atom. The quantitative estimate of drug-likeness (QED) is 0.612. The lowest BCUT2D eigenvalue weighted by atomic mass is 9.95. The predicted octanol–water partition coefficient (Wildman–Crippen LogP) is 2.72. The van der Waals surface area contributed by atoms with Crippen molar-refractivity contribution in [3.63, 3.8) is 0 Å². The van der Waals surface area contributed by atoms with Gasteiger partial charge in [-0.25, -0.2) is 0 Å². The van der Waals surface area contributed by atoms with Gasteiger partial charge in [0.05, 0.1) is 13.2 Å². The zero-order valence-electron chi connectivity index (χ0n) is 15.4. The molecule has 0 bridgehead atoms. The molecule has 0 spiro atoms. The van der Waals surface area contributed by atoms with Crippen LogP contribution < -0.4 is 4.74 Å². The molecule has 1 aliphatic heterocycles. The molecule has 0 saturated heterocycles. The Morgan fingerprint density at radius 2 is 2.04 bits per heavy atom. The highest BCUT2D eigenvalue weighted by Crippen LogP contribution is 2.44. The van der Waals surface area contributed by atoms with Crippen LogP contribution >= 0.6 is 0 Å². The smallest absolute Gasteiger partial charge is 0.273 e. The lowest BCUT2D eigenvalue weighted by molar-refractivity contribution is 0.0732. The first-order valence-electron chi connectivity index (χ1n) is 9.08. The number of hydrogen-bond acceptors (Lipinski definition) is 5. The number of nitrogens with zero attached hydrogens (tertiary/aromatic N) is 2. The summed E-state index contributed by atoms with van der Waals surface area (Å²) in [5, 5.41) is 26.8. The molecule has 3 aromatic rings. The number of amides is 1. The number of aliphatic hydroxyl groups is 1.